The van der Waals surface area contributed by atoms with Gasteiger partial charge in [0.1, 0.15) is 12.1 Å². The number of amides is 1. The maximum atomic E-state index is 12.2. The molecule has 1 unspecified atom stereocenters. The molecule has 0 aliphatic rings. The Kier molecular flexibility index (Phi) is 7.01. The van der Waals surface area contributed by atoms with Crippen LogP contribution in [0.4, 0.5) is 0 Å². The zero-order chi connectivity index (χ0) is 15.0. The summed E-state index contributed by atoms with van der Waals surface area (Å²) >= 11 is 3.99. The van der Waals surface area contributed by atoms with Gasteiger partial charge in [-0.1, -0.05) is 30.3 Å². The van der Waals surface area contributed by atoms with Gasteiger partial charge >= 0.3 is 0 Å². The molecule has 108 valence electrons. The van der Waals surface area contributed by atoms with Crippen molar-refractivity contribution < 1.29 is 14.4 Å². The summed E-state index contributed by atoms with van der Waals surface area (Å²) in [5.41, 5.74) is 0.988. The van der Waals surface area contributed by atoms with Crippen molar-refractivity contribution in [2.24, 2.45) is 5.92 Å². The van der Waals surface area contributed by atoms with Crippen LogP contribution in [0.3, 0.4) is 0 Å². The first-order valence-electron chi connectivity index (χ1n) is 6.46. The number of Topliss-reactive ketones (excluding diaryl/α,β-unsaturated/α-hetero) is 1. The summed E-state index contributed by atoms with van der Waals surface area (Å²) in [4.78, 5) is 34.2. The van der Waals surface area contributed by atoms with Crippen molar-refractivity contribution in [1.29, 1.82) is 0 Å². The predicted molar refractivity (Wildman–Crippen MR) is 80.8 cm³/mol. The number of aldehydes is 1. The topological polar surface area (TPSA) is 63.2 Å². The van der Waals surface area contributed by atoms with Crippen LogP contribution in [0.2, 0.25) is 0 Å². The van der Waals surface area contributed by atoms with E-state index in [9.17, 15) is 14.4 Å². The summed E-state index contributed by atoms with van der Waals surface area (Å²) in [5, 5.41) is 2.61. The van der Waals surface area contributed by atoms with E-state index in [-0.39, 0.29) is 23.9 Å². The number of hydrogen-bond donors (Lipinski definition) is 2. The standard InChI is InChI=1S/C15H19NO3S/c1-11(18)7-13(8-12-5-3-2-4-6-12)15(19)16-14(9-17)10-20/h2-6,9,13-14,20H,7-8,10H2,1H3,(H,16,19)/t13-,14?/m0/s1. The van der Waals surface area contributed by atoms with Crippen LogP contribution in [0.5, 0.6) is 0 Å². The van der Waals surface area contributed by atoms with Crippen molar-refractivity contribution in [1.82, 2.24) is 5.32 Å². The van der Waals surface area contributed by atoms with E-state index in [1.54, 1.807) is 0 Å². The van der Waals surface area contributed by atoms with Gasteiger partial charge in [-0.15, -0.1) is 0 Å². The van der Waals surface area contributed by atoms with E-state index in [4.69, 9.17) is 0 Å². The van der Waals surface area contributed by atoms with Gasteiger partial charge < -0.3 is 14.9 Å². The SMILES string of the molecule is CC(=O)C[C@@H](Cc1ccccc1)C(=O)NC(C=O)CS. The van der Waals surface area contributed by atoms with Gasteiger partial charge in [-0.2, -0.15) is 12.6 Å². The van der Waals surface area contributed by atoms with Crippen molar-refractivity contribution in [3.05, 3.63) is 35.9 Å². The molecule has 1 N–H and O–H groups in total. The molecule has 1 amide bonds. The number of ketones is 1. The third-order valence-electron chi connectivity index (χ3n) is 2.92. The summed E-state index contributed by atoms with van der Waals surface area (Å²) in [5.74, 6) is -0.546. The van der Waals surface area contributed by atoms with E-state index < -0.39 is 12.0 Å². The maximum absolute atomic E-state index is 12.2. The Morgan fingerprint density at radius 2 is 1.95 bits per heavy atom. The van der Waals surface area contributed by atoms with Crippen molar-refractivity contribution >= 4 is 30.6 Å². The quantitative estimate of drug-likeness (QED) is 0.563. The van der Waals surface area contributed by atoms with E-state index in [0.29, 0.717) is 12.7 Å². The lowest BCUT2D eigenvalue weighted by Gasteiger charge is -2.18. The van der Waals surface area contributed by atoms with Crippen LogP contribution < -0.4 is 5.32 Å². The second-order valence-corrected chi connectivity index (χ2v) is 5.09. The van der Waals surface area contributed by atoms with Crippen LogP contribution in [0.15, 0.2) is 30.3 Å². The summed E-state index contributed by atoms with van der Waals surface area (Å²) < 4.78 is 0. The van der Waals surface area contributed by atoms with E-state index in [1.165, 1.54) is 6.92 Å². The average Bonchev–Trinajstić information content (AvgIpc) is 2.44. The highest BCUT2D eigenvalue weighted by molar-refractivity contribution is 7.80. The normalized spacial score (nSPS) is 13.3. The molecule has 0 radical (unpaired) electrons. The van der Waals surface area contributed by atoms with Gasteiger partial charge in [0.2, 0.25) is 5.91 Å². The largest absolute Gasteiger partial charge is 0.345 e. The minimum absolute atomic E-state index is 0.0467. The zero-order valence-corrected chi connectivity index (χ0v) is 12.3. The number of carbonyl (C=O) groups is 3. The first-order chi connectivity index (χ1) is 9.56. The minimum atomic E-state index is -0.615. The highest BCUT2D eigenvalue weighted by Gasteiger charge is 2.22. The Morgan fingerprint density at radius 3 is 2.45 bits per heavy atom. The molecule has 0 heterocycles. The van der Waals surface area contributed by atoms with Crippen LogP contribution in [-0.4, -0.2) is 29.8 Å². The van der Waals surface area contributed by atoms with Crippen molar-refractivity contribution in [3.63, 3.8) is 0 Å². The average molecular weight is 293 g/mol. The van der Waals surface area contributed by atoms with Gasteiger partial charge in [0, 0.05) is 18.1 Å². The lowest BCUT2D eigenvalue weighted by molar-refractivity contribution is -0.130. The second-order valence-electron chi connectivity index (χ2n) is 4.73. The van der Waals surface area contributed by atoms with Gasteiger partial charge in [-0.25, -0.2) is 0 Å². The molecule has 0 saturated heterocycles. The van der Waals surface area contributed by atoms with E-state index in [2.05, 4.69) is 17.9 Å². The predicted octanol–water partition coefficient (Wildman–Crippen LogP) is 1.44. The van der Waals surface area contributed by atoms with Crippen LogP contribution >= 0.6 is 12.6 Å². The highest BCUT2D eigenvalue weighted by Crippen LogP contribution is 2.13. The van der Waals surface area contributed by atoms with Gasteiger partial charge in [0.05, 0.1) is 6.04 Å². The van der Waals surface area contributed by atoms with Crippen LogP contribution in [0, 0.1) is 5.92 Å². The molecule has 4 nitrogen and oxygen atoms in total. The Balaban J connectivity index is 2.75. The van der Waals surface area contributed by atoms with Gasteiger partial charge in [-0.3, -0.25) is 4.79 Å². The van der Waals surface area contributed by atoms with Crippen molar-refractivity contribution in [3.8, 4) is 0 Å². The zero-order valence-electron chi connectivity index (χ0n) is 11.4. The molecule has 2 atom stereocenters. The monoisotopic (exact) mass is 293 g/mol. The third-order valence-corrected chi connectivity index (χ3v) is 3.31. The van der Waals surface area contributed by atoms with Crippen LogP contribution in [0.1, 0.15) is 18.9 Å². The molecule has 0 aromatic heterocycles. The number of hydrogen-bond acceptors (Lipinski definition) is 4. The number of benzene rings is 1. The molecule has 0 fully saturated rings. The Bertz CT molecular complexity index is 461. The lowest BCUT2D eigenvalue weighted by Crippen LogP contribution is -2.42. The van der Waals surface area contributed by atoms with Gasteiger partial charge in [0.15, 0.2) is 0 Å². The molecule has 0 aliphatic heterocycles. The molecule has 0 bridgehead atoms. The Labute approximate surface area is 124 Å². The Hall–Kier alpha value is -1.62. The van der Waals surface area contributed by atoms with E-state index >= 15 is 0 Å². The third kappa shape index (κ3) is 5.57. The molecule has 1 aromatic rings. The maximum Gasteiger partial charge on any atom is 0.224 e. The van der Waals surface area contributed by atoms with E-state index in [0.717, 1.165) is 5.56 Å². The lowest BCUT2D eigenvalue weighted by atomic mass is 9.93. The van der Waals surface area contributed by atoms with Crippen LogP contribution in [-0.2, 0) is 20.8 Å². The van der Waals surface area contributed by atoms with Crippen molar-refractivity contribution in [2.75, 3.05) is 5.75 Å². The fraction of sp³-hybridized carbons (Fsp3) is 0.400. The smallest absolute Gasteiger partial charge is 0.224 e. The van der Waals surface area contributed by atoms with Gasteiger partial charge in [-0.05, 0) is 18.9 Å². The first kappa shape index (κ1) is 16.4. The molecular formula is C15H19NO3S. The summed E-state index contributed by atoms with van der Waals surface area (Å²) in [7, 11) is 0. The first-order valence-corrected chi connectivity index (χ1v) is 7.10. The Morgan fingerprint density at radius 1 is 1.30 bits per heavy atom. The second kappa shape index (κ2) is 8.53. The number of nitrogens with one attached hydrogen (secondary N) is 1. The molecular weight excluding hydrogens is 274 g/mol. The summed E-state index contributed by atoms with van der Waals surface area (Å²) in [6.07, 6.45) is 1.29. The van der Waals surface area contributed by atoms with Crippen molar-refractivity contribution in [2.45, 2.75) is 25.8 Å². The highest BCUT2D eigenvalue weighted by atomic mass is 32.1. The molecule has 1 rings (SSSR count). The number of rotatable bonds is 8. The molecule has 20 heavy (non-hydrogen) atoms. The molecule has 0 spiro atoms. The molecule has 5 heteroatoms. The van der Waals surface area contributed by atoms with Crippen LogP contribution in [0.25, 0.3) is 0 Å². The molecule has 0 saturated carbocycles. The van der Waals surface area contributed by atoms with Gasteiger partial charge in [0.25, 0.3) is 0 Å². The number of thiol groups is 1. The number of carbonyl (C=O) groups excluding carboxylic acids is 3. The molecule has 0 aliphatic carbocycles. The summed E-state index contributed by atoms with van der Waals surface area (Å²) in [6, 6.07) is 8.88. The fourth-order valence-corrected chi connectivity index (χ4v) is 2.10. The minimum Gasteiger partial charge on any atom is -0.345 e. The van der Waals surface area contributed by atoms with E-state index in [1.807, 2.05) is 30.3 Å². The molecule has 1 aromatic carbocycles. The fourth-order valence-electron chi connectivity index (χ4n) is 1.93. The summed E-state index contributed by atoms with van der Waals surface area (Å²) in [6.45, 7) is 1.46.